The molecule has 0 atom stereocenters. The molecule has 0 amide bonds. The minimum absolute atomic E-state index is 0.296. The molecule has 0 radical (unpaired) electrons. The Balaban J connectivity index is 1.94. The van der Waals surface area contributed by atoms with Gasteiger partial charge in [-0.2, -0.15) is 4.98 Å². The van der Waals surface area contributed by atoms with E-state index in [1.54, 1.807) is 22.4 Å². The third-order valence-corrected chi connectivity index (χ3v) is 6.40. The van der Waals surface area contributed by atoms with E-state index in [0.29, 0.717) is 33.3 Å². The lowest BCUT2D eigenvalue weighted by atomic mass is 10.2. The maximum absolute atomic E-state index is 13.5. The first-order valence-electron chi connectivity index (χ1n) is 9.52. The van der Waals surface area contributed by atoms with Crippen LogP contribution in [0.5, 0.6) is 0 Å². The normalized spacial score (nSPS) is 11.3. The number of nitrogens with zero attached hydrogens (tertiary/aromatic N) is 4. The number of fused-ring (bicyclic) bond motifs is 1. The molecule has 154 valence electrons. The van der Waals surface area contributed by atoms with Gasteiger partial charge in [0.2, 0.25) is 4.77 Å². The van der Waals surface area contributed by atoms with E-state index in [1.807, 2.05) is 12.3 Å². The Kier molecular flexibility index (Phi) is 7.85. The van der Waals surface area contributed by atoms with Crippen molar-refractivity contribution in [3.63, 3.8) is 0 Å². The number of unbranched alkanes of at least 4 members (excludes halogenated alkanes) is 3. The first-order chi connectivity index (χ1) is 14.0. The van der Waals surface area contributed by atoms with Gasteiger partial charge in [-0.25, -0.2) is 14.4 Å². The highest BCUT2D eigenvalue weighted by Crippen LogP contribution is 2.30. The Bertz CT molecular complexity index is 1050. The van der Waals surface area contributed by atoms with Crippen LogP contribution in [0.3, 0.4) is 0 Å². The zero-order chi connectivity index (χ0) is 20.8. The molecule has 2 heterocycles. The summed E-state index contributed by atoms with van der Waals surface area (Å²) in [5, 5.41) is 2.17. The average Bonchev–Trinajstić information content (AvgIpc) is 2.70. The highest BCUT2D eigenvalue weighted by atomic mass is 32.2. The number of nitrogen functional groups attached to an aromatic ring is 1. The molecule has 0 saturated carbocycles. The maximum Gasteiger partial charge on any atom is 0.203 e. The minimum atomic E-state index is -0.296. The van der Waals surface area contributed by atoms with Gasteiger partial charge in [0.15, 0.2) is 10.8 Å². The van der Waals surface area contributed by atoms with Crippen LogP contribution in [0.4, 0.5) is 10.2 Å². The number of benzene rings is 1. The molecule has 0 unspecified atom stereocenters. The summed E-state index contributed by atoms with van der Waals surface area (Å²) in [5.74, 6) is 1.13. The molecule has 0 saturated heterocycles. The van der Waals surface area contributed by atoms with Crippen molar-refractivity contribution >= 4 is 52.6 Å². The lowest BCUT2D eigenvalue weighted by molar-refractivity contribution is 0.623. The molecule has 0 spiro atoms. The number of rotatable bonds is 9. The average molecular weight is 450 g/mol. The molecule has 0 aliphatic carbocycles. The van der Waals surface area contributed by atoms with Crippen molar-refractivity contribution in [2.45, 2.75) is 49.3 Å². The molecule has 0 aliphatic heterocycles. The van der Waals surface area contributed by atoms with Crippen LogP contribution < -0.4 is 5.73 Å². The zero-order valence-corrected chi connectivity index (χ0v) is 19.0. The molecule has 0 bridgehead atoms. The lowest BCUT2D eigenvalue weighted by Crippen LogP contribution is -2.12. The van der Waals surface area contributed by atoms with Crippen molar-refractivity contribution in [1.82, 2.24) is 19.5 Å². The number of aromatic nitrogens is 4. The van der Waals surface area contributed by atoms with E-state index in [0.717, 1.165) is 22.8 Å². The summed E-state index contributed by atoms with van der Waals surface area (Å²) in [6, 6.07) is 6.37. The molecule has 1 aromatic carbocycles. The van der Waals surface area contributed by atoms with Crippen molar-refractivity contribution in [1.29, 1.82) is 0 Å². The van der Waals surface area contributed by atoms with E-state index in [-0.39, 0.29) is 5.82 Å². The summed E-state index contributed by atoms with van der Waals surface area (Å²) < 4.78 is 15.6. The molecule has 3 aromatic rings. The Labute approximate surface area is 183 Å². The highest BCUT2D eigenvalue weighted by Gasteiger charge is 2.16. The largest absolute Gasteiger partial charge is 0.384 e. The van der Waals surface area contributed by atoms with Crippen molar-refractivity contribution in [3.05, 3.63) is 40.4 Å². The Morgan fingerprint density at radius 1 is 1.17 bits per heavy atom. The first-order valence-corrected chi connectivity index (χ1v) is 12.1. The van der Waals surface area contributed by atoms with Gasteiger partial charge in [-0.1, -0.05) is 50.1 Å². The minimum Gasteiger partial charge on any atom is -0.384 e. The second-order valence-corrected chi connectivity index (χ2v) is 8.84. The molecule has 2 N–H and O–H groups in total. The summed E-state index contributed by atoms with van der Waals surface area (Å²) in [5.41, 5.74) is 7.73. The van der Waals surface area contributed by atoms with Crippen LogP contribution in [0.25, 0.3) is 11.0 Å². The molecule has 9 heteroatoms. The van der Waals surface area contributed by atoms with Crippen molar-refractivity contribution in [2.75, 3.05) is 17.7 Å². The number of thioether (sulfide) groups is 2. The molecule has 2 aromatic heterocycles. The van der Waals surface area contributed by atoms with Crippen LogP contribution in [0, 0.1) is 10.6 Å². The van der Waals surface area contributed by atoms with Crippen LogP contribution in [-0.4, -0.2) is 31.5 Å². The van der Waals surface area contributed by atoms with E-state index in [1.165, 1.54) is 43.2 Å². The van der Waals surface area contributed by atoms with E-state index in [4.69, 9.17) is 18.0 Å². The third kappa shape index (κ3) is 5.46. The SMILES string of the molecule is CCCCCCSc1nc(SC)c2c(N)n(Cc3cccc(F)c3)c(=S)nc2n1. The fraction of sp³-hybridized carbons (Fsp3) is 0.400. The maximum atomic E-state index is 13.5. The van der Waals surface area contributed by atoms with Gasteiger partial charge in [0.25, 0.3) is 0 Å². The number of halogens is 1. The predicted molar refractivity (Wildman–Crippen MR) is 123 cm³/mol. The van der Waals surface area contributed by atoms with Crippen LogP contribution in [-0.2, 0) is 6.54 Å². The van der Waals surface area contributed by atoms with E-state index in [2.05, 4.69) is 21.9 Å². The molecule has 29 heavy (non-hydrogen) atoms. The number of nitrogens with two attached hydrogens (primary N) is 1. The first kappa shape index (κ1) is 22.0. The summed E-state index contributed by atoms with van der Waals surface area (Å²) >= 11 is 8.60. The van der Waals surface area contributed by atoms with Gasteiger partial charge >= 0.3 is 0 Å². The predicted octanol–water partition coefficient (Wildman–Crippen LogP) is 5.72. The lowest BCUT2D eigenvalue weighted by Gasteiger charge is -2.14. The van der Waals surface area contributed by atoms with Gasteiger partial charge in [0.1, 0.15) is 16.7 Å². The van der Waals surface area contributed by atoms with Crippen LogP contribution >= 0.6 is 35.7 Å². The van der Waals surface area contributed by atoms with Crippen molar-refractivity contribution in [2.24, 2.45) is 0 Å². The molecule has 0 aliphatic rings. The quantitative estimate of drug-likeness (QED) is 0.147. The topological polar surface area (TPSA) is 69.6 Å². The molecule has 3 rings (SSSR count). The Morgan fingerprint density at radius 2 is 2.00 bits per heavy atom. The fourth-order valence-corrected chi connectivity index (χ4v) is 4.70. The van der Waals surface area contributed by atoms with Gasteiger partial charge in [-0.05, 0) is 42.6 Å². The Hall–Kier alpha value is -1.71. The molecular formula is C20H24FN5S3. The van der Waals surface area contributed by atoms with Gasteiger partial charge in [-0.15, -0.1) is 11.8 Å². The van der Waals surface area contributed by atoms with E-state index < -0.39 is 0 Å². The summed E-state index contributed by atoms with van der Waals surface area (Å²) in [6.45, 7) is 2.54. The van der Waals surface area contributed by atoms with Gasteiger partial charge in [-0.3, -0.25) is 4.57 Å². The van der Waals surface area contributed by atoms with Crippen molar-refractivity contribution in [3.8, 4) is 0 Å². The van der Waals surface area contributed by atoms with E-state index >= 15 is 0 Å². The monoisotopic (exact) mass is 449 g/mol. The summed E-state index contributed by atoms with van der Waals surface area (Å²) in [4.78, 5) is 13.8. The fourth-order valence-electron chi connectivity index (χ4n) is 2.98. The summed E-state index contributed by atoms with van der Waals surface area (Å²) in [7, 11) is 0. The highest BCUT2D eigenvalue weighted by molar-refractivity contribution is 7.99. The van der Waals surface area contributed by atoms with Gasteiger partial charge in [0.05, 0.1) is 11.9 Å². The van der Waals surface area contributed by atoms with Gasteiger partial charge < -0.3 is 5.73 Å². The standard InChI is InChI=1S/C20H24FN5S3/c1-3-4-5-6-10-29-19-23-17-15(18(25-19)28-2)16(22)26(20(27)24-17)12-13-8-7-9-14(21)11-13/h7-9,11H,3-6,10,12,22H2,1-2H3. The third-order valence-electron chi connectivity index (χ3n) is 4.47. The van der Waals surface area contributed by atoms with Crippen molar-refractivity contribution < 1.29 is 4.39 Å². The molecular weight excluding hydrogens is 425 g/mol. The molecule has 0 fully saturated rings. The smallest absolute Gasteiger partial charge is 0.203 e. The number of hydrogen-bond acceptors (Lipinski definition) is 7. The van der Waals surface area contributed by atoms with Crippen LogP contribution in [0.2, 0.25) is 0 Å². The second kappa shape index (κ2) is 10.4. The van der Waals surface area contributed by atoms with E-state index in [9.17, 15) is 4.39 Å². The summed E-state index contributed by atoms with van der Waals surface area (Å²) in [6.07, 6.45) is 6.77. The molecule has 5 nitrogen and oxygen atoms in total. The zero-order valence-electron chi connectivity index (χ0n) is 16.5. The second-order valence-electron chi connectivity index (χ2n) is 6.62. The Morgan fingerprint density at radius 3 is 2.72 bits per heavy atom. The number of hydrogen-bond donors (Lipinski definition) is 1. The van der Waals surface area contributed by atoms with Gasteiger partial charge in [0, 0.05) is 5.75 Å². The number of anilines is 1. The van der Waals surface area contributed by atoms with Crippen LogP contribution in [0.15, 0.2) is 34.4 Å². The van der Waals surface area contributed by atoms with Crippen LogP contribution in [0.1, 0.15) is 38.2 Å².